The van der Waals surface area contributed by atoms with E-state index in [2.05, 4.69) is 4.98 Å². The predicted molar refractivity (Wildman–Crippen MR) is 64.6 cm³/mol. The molecule has 0 spiro atoms. The zero-order chi connectivity index (χ0) is 11.9. The number of methoxy groups -OCH3 is 1. The van der Waals surface area contributed by atoms with Crippen molar-refractivity contribution in [2.24, 2.45) is 0 Å². The molecule has 2 rings (SSSR count). The smallest absolute Gasteiger partial charge is 0.176 e. The van der Waals surface area contributed by atoms with Crippen LogP contribution in [-0.2, 0) is 0 Å². The van der Waals surface area contributed by atoms with Gasteiger partial charge in [-0.05, 0) is 24.6 Å². The Bertz CT molecular complexity index is 572. The van der Waals surface area contributed by atoms with Gasteiger partial charge < -0.3 is 9.72 Å². The van der Waals surface area contributed by atoms with Crippen LogP contribution < -0.4 is 4.74 Å². The first-order valence-electron chi connectivity index (χ1n) is 4.92. The number of aryl methyl sites for hydroxylation is 1. The number of fused-ring (bicyclic) bond motifs is 1. The van der Waals surface area contributed by atoms with Crippen molar-refractivity contribution < 1.29 is 9.53 Å². The van der Waals surface area contributed by atoms with E-state index < -0.39 is 0 Å². The zero-order valence-electron chi connectivity index (χ0n) is 9.35. The molecule has 0 aliphatic carbocycles. The van der Waals surface area contributed by atoms with E-state index in [4.69, 9.17) is 16.3 Å². The van der Waals surface area contributed by atoms with E-state index >= 15 is 0 Å². The average molecular weight is 238 g/mol. The summed E-state index contributed by atoms with van der Waals surface area (Å²) < 4.78 is 5.27. The number of aromatic amines is 1. The Labute approximate surface area is 98.4 Å². The lowest BCUT2D eigenvalue weighted by Gasteiger charge is -2.03. The van der Waals surface area contributed by atoms with Gasteiger partial charge >= 0.3 is 0 Å². The summed E-state index contributed by atoms with van der Waals surface area (Å²) in [6.45, 7) is 3.41. The number of nitrogens with one attached hydrogen (secondary N) is 1. The first-order valence-corrected chi connectivity index (χ1v) is 5.29. The minimum Gasteiger partial charge on any atom is -0.496 e. The normalized spacial score (nSPS) is 10.8. The highest BCUT2D eigenvalue weighted by atomic mass is 35.5. The highest BCUT2D eigenvalue weighted by molar-refractivity contribution is 6.35. The van der Waals surface area contributed by atoms with Gasteiger partial charge in [0.1, 0.15) is 5.75 Å². The number of benzene rings is 1. The largest absolute Gasteiger partial charge is 0.496 e. The molecule has 0 fully saturated rings. The molecule has 1 aromatic carbocycles. The molecule has 0 saturated heterocycles. The molecule has 3 nitrogen and oxygen atoms in total. The number of hydrogen-bond donors (Lipinski definition) is 1. The molecule has 0 bridgehead atoms. The molecule has 0 aliphatic rings. The van der Waals surface area contributed by atoms with Crippen LogP contribution in [0, 0.1) is 6.92 Å². The lowest BCUT2D eigenvalue weighted by atomic mass is 10.1. The van der Waals surface area contributed by atoms with Crippen LogP contribution in [0.25, 0.3) is 10.9 Å². The Morgan fingerprint density at radius 3 is 2.69 bits per heavy atom. The Kier molecular flexibility index (Phi) is 2.64. The molecule has 0 aliphatic heterocycles. The minimum absolute atomic E-state index is 0.00757. The molecule has 2 aromatic rings. The summed E-state index contributed by atoms with van der Waals surface area (Å²) in [5, 5.41) is 1.46. The molecule has 4 heteroatoms. The Balaban J connectivity index is 2.89. The quantitative estimate of drug-likeness (QED) is 0.814. The molecule has 16 heavy (non-hydrogen) atoms. The number of hydrogen-bond acceptors (Lipinski definition) is 2. The predicted octanol–water partition coefficient (Wildman–Crippen LogP) is 3.34. The van der Waals surface area contributed by atoms with Crippen molar-refractivity contribution in [2.75, 3.05) is 7.11 Å². The second-order valence-electron chi connectivity index (χ2n) is 3.68. The van der Waals surface area contributed by atoms with E-state index in [1.807, 2.05) is 6.92 Å². The van der Waals surface area contributed by atoms with Gasteiger partial charge in [-0.3, -0.25) is 4.79 Å². The maximum atomic E-state index is 11.4. The summed E-state index contributed by atoms with van der Waals surface area (Å²) in [5.41, 5.74) is 2.21. The first kappa shape index (κ1) is 11.0. The maximum absolute atomic E-state index is 11.4. The fourth-order valence-electron chi connectivity index (χ4n) is 1.92. The van der Waals surface area contributed by atoms with E-state index in [-0.39, 0.29) is 5.78 Å². The maximum Gasteiger partial charge on any atom is 0.176 e. The van der Waals surface area contributed by atoms with Gasteiger partial charge in [0, 0.05) is 12.3 Å². The highest BCUT2D eigenvalue weighted by Crippen LogP contribution is 2.35. The number of carbonyl (C=O) groups excluding carboxylic acids is 1. The van der Waals surface area contributed by atoms with Crippen molar-refractivity contribution in [3.63, 3.8) is 0 Å². The van der Waals surface area contributed by atoms with Crippen molar-refractivity contribution in [1.82, 2.24) is 4.98 Å². The number of rotatable bonds is 2. The average Bonchev–Trinajstić information content (AvgIpc) is 2.59. The van der Waals surface area contributed by atoms with Crippen molar-refractivity contribution in [2.45, 2.75) is 13.8 Å². The first-order chi connectivity index (χ1) is 7.56. The van der Waals surface area contributed by atoms with Gasteiger partial charge in [0.05, 0.1) is 23.3 Å². The van der Waals surface area contributed by atoms with E-state index in [0.717, 1.165) is 22.2 Å². The third-order valence-corrected chi connectivity index (χ3v) is 3.00. The standard InChI is InChI=1S/C12H12ClNO2/c1-6-10-9(16-3)5-4-8(13)12(10)14-11(6)7(2)15/h4-5,14H,1-3H3. The summed E-state index contributed by atoms with van der Waals surface area (Å²) in [6, 6.07) is 3.55. The summed E-state index contributed by atoms with van der Waals surface area (Å²) in [4.78, 5) is 14.5. The van der Waals surface area contributed by atoms with Crippen LogP contribution in [0.15, 0.2) is 12.1 Å². The number of Topliss-reactive ketones (excluding diaryl/α,β-unsaturated/α-hetero) is 1. The molecule has 1 aromatic heterocycles. The van der Waals surface area contributed by atoms with Crippen molar-refractivity contribution in [1.29, 1.82) is 0 Å². The van der Waals surface area contributed by atoms with Crippen LogP contribution in [0.3, 0.4) is 0 Å². The van der Waals surface area contributed by atoms with Gasteiger partial charge in [-0.25, -0.2) is 0 Å². The molecular weight excluding hydrogens is 226 g/mol. The van der Waals surface area contributed by atoms with Crippen molar-refractivity contribution >= 4 is 28.3 Å². The van der Waals surface area contributed by atoms with Gasteiger partial charge in [-0.1, -0.05) is 11.6 Å². The van der Waals surface area contributed by atoms with E-state index in [1.165, 1.54) is 6.92 Å². The number of H-pyrrole nitrogens is 1. The monoisotopic (exact) mass is 237 g/mol. The van der Waals surface area contributed by atoms with Crippen molar-refractivity contribution in [3.05, 3.63) is 28.4 Å². The van der Waals surface area contributed by atoms with E-state index in [1.54, 1.807) is 19.2 Å². The third kappa shape index (κ3) is 1.48. The SMILES string of the molecule is COc1ccc(Cl)c2[nH]c(C(C)=O)c(C)c12. The van der Waals surface area contributed by atoms with Crippen LogP contribution in [0.4, 0.5) is 0 Å². The van der Waals surface area contributed by atoms with Gasteiger partial charge in [0.2, 0.25) is 0 Å². The topological polar surface area (TPSA) is 42.1 Å². The molecule has 84 valence electrons. The molecule has 1 N–H and O–H groups in total. The lowest BCUT2D eigenvalue weighted by molar-refractivity contribution is 0.101. The second kappa shape index (κ2) is 3.83. The molecular formula is C12H12ClNO2. The van der Waals surface area contributed by atoms with Gasteiger partial charge in [-0.15, -0.1) is 0 Å². The molecule has 0 saturated carbocycles. The Hall–Kier alpha value is -1.48. The van der Waals surface area contributed by atoms with E-state index in [9.17, 15) is 4.79 Å². The van der Waals surface area contributed by atoms with Crippen LogP contribution in [0.1, 0.15) is 23.0 Å². The Morgan fingerprint density at radius 2 is 2.12 bits per heavy atom. The van der Waals surface area contributed by atoms with Gasteiger partial charge in [0.15, 0.2) is 5.78 Å². The van der Waals surface area contributed by atoms with Crippen LogP contribution in [0.2, 0.25) is 5.02 Å². The molecule has 0 atom stereocenters. The summed E-state index contributed by atoms with van der Waals surface area (Å²) in [7, 11) is 1.60. The number of carbonyl (C=O) groups is 1. The summed E-state index contributed by atoms with van der Waals surface area (Å²) in [5.74, 6) is 0.715. The molecule has 0 radical (unpaired) electrons. The fourth-order valence-corrected chi connectivity index (χ4v) is 2.12. The minimum atomic E-state index is -0.00757. The second-order valence-corrected chi connectivity index (χ2v) is 4.09. The van der Waals surface area contributed by atoms with Crippen LogP contribution >= 0.6 is 11.6 Å². The number of ether oxygens (including phenoxy) is 1. The molecule has 0 unspecified atom stereocenters. The third-order valence-electron chi connectivity index (χ3n) is 2.69. The highest BCUT2D eigenvalue weighted by Gasteiger charge is 2.16. The molecule has 0 amide bonds. The number of aromatic nitrogens is 1. The number of ketones is 1. The fraction of sp³-hybridized carbons (Fsp3) is 0.250. The molecule has 1 heterocycles. The van der Waals surface area contributed by atoms with Crippen LogP contribution in [0.5, 0.6) is 5.75 Å². The Morgan fingerprint density at radius 1 is 1.44 bits per heavy atom. The number of halogens is 1. The zero-order valence-corrected chi connectivity index (χ0v) is 10.1. The van der Waals surface area contributed by atoms with Crippen LogP contribution in [-0.4, -0.2) is 17.9 Å². The summed E-state index contributed by atoms with van der Waals surface area (Å²) in [6.07, 6.45) is 0. The van der Waals surface area contributed by atoms with E-state index in [0.29, 0.717) is 10.7 Å². The van der Waals surface area contributed by atoms with Gasteiger partial charge in [-0.2, -0.15) is 0 Å². The van der Waals surface area contributed by atoms with Gasteiger partial charge in [0.25, 0.3) is 0 Å². The lowest BCUT2D eigenvalue weighted by Crippen LogP contribution is -1.94. The van der Waals surface area contributed by atoms with Crippen molar-refractivity contribution in [3.8, 4) is 5.75 Å². The summed E-state index contributed by atoms with van der Waals surface area (Å²) >= 11 is 6.08.